The molecule has 0 saturated heterocycles. The Morgan fingerprint density at radius 3 is 2.40 bits per heavy atom. The summed E-state index contributed by atoms with van der Waals surface area (Å²) >= 11 is 0. The second-order valence-electron chi connectivity index (χ2n) is 3.62. The van der Waals surface area contributed by atoms with Crippen LogP contribution in [0, 0.1) is 0 Å². The van der Waals surface area contributed by atoms with E-state index < -0.39 is 0 Å². The highest BCUT2D eigenvalue weighted by Gasteiger charge is 1.94. The van der Waals surface area contributed by atoms with Gasteiger partial charge in [-0.25, -0.2) is 0 Å². The zero-order valence-corrected chi connectivity index (χ0v) is 8.96. The van der Waals surface area contributed by atoms with Gasteiger partial charge in [0, 0.05) is 18.9 Å². The first-order valence-corrected chi connectivity index (χ1v) is 5.33. The van der Waals surface area contributed by atoms with Gasteiger partial charge in [-0.3, -0.25) is 0 Å². The molecular formula is C13H16N2. The zero-order chi connectivity index (χ0) is 10.5. The number of anilines is 1. The highest BCUT2D eigenvalue weighted by atomic mass is 14.9. The van der Waals surface area contributed by atoms with Crippen LogP contribution in [-0.2, 0) is 13.0 Å². The second kappa shape index (κ2) is 4.69. The lowest BCUT2D eigenvalue weighted by molar-refractivity contribution is 1.11. The lowest BCUT2D eigenvalue weighted by atomic mass is 10.1. The van der Waals surface area contributed by atoms with Gasteiger partial charge in [0.1, 0.15) is 0 Å². The molecule has 0 aliphatic rings. The Balaban J connectivity index is 1.93. The van der Waals surface area contributed by atoms with E-state index in [2.05, 4.69) is 41.5 Å². The molecule has 15 heavy (non-hydrogen) atoms. The normalized spacial score (nSPS) is 10.2. The lowest BCUT2D eigenvalue weighted by Gasteiger charge is -2.04. The van der Waals surface area contributed by atoms with Crippen molar-refractivity contribution in [2.45, 2.75) is 19.9 Å². The summed E-state index contributed by atoms with van der Waals surface area (Å²) in [5, 5.41) is 3.35. The Kier molecular flexibility index (Phi) is 3.08. The second-order valence-corrected chi connectivity index (χ2v) is 3.62. The largest absolute Gasteiger partial charge is 0.380 e. The first-order chi connectivity index (χ1) is 7.38. The molecular weight excluding hydrogens is 184 g/mol. The van der Waals surface area contributed by atoms with Crippen LogP contribution in [0.5, 0.6) is 0 Å². The van der Waals surface area contributed by atoms with E-state index in [-0.39, 0.29) is 0 Å². The van der Waals surface area contributed by atoms with Crippen molar-refractivity contribution in [3.05, 3.63) is 53.9 Å². The monoisotopic (exact) mass is 200 g/mol. The van der Waals surface area contributed by atoms with E-state index in [1.807, 2.05) is 18.5 Å². The summed E-state index contributed by atoms with van der Waals surface area (Å²) in [6.45, 7) is 3.05. The molecule has 0 aliphatic carbocycles. The van der Waals surface area contributed by atoms with Crippen LogP contribution in [0.4, 0.5) is 5.69 Å². The molecule has 0 saturated carbocycles. The molecule has 0 aliphatic heterocycles. The van der Waals surface area contributed by atoms with Gasteiger partial charge in [0.2, 0.25) is 0 Å². The molecule has 78 valence electrons. The summed E-state index contributed by atoms with van der Waals surface area (Å²) in [7, 11) is 0. The van der Waals surface area contributed by atoms with Gasteiger partial charge in [-0.05, 0) is 23.6 Å². The molecule has 0 bridgehead atoms. The van der Waals surface area contributed by atoms with Gasteiger partial charge in [0.05, 0.1) is 5.69 Å². The Hall–Kier alpha value is -1.70. The first kappa shape index (κ1) is 9.84. The average Bonchev–Trinajstić information content (AvgIpc) is 2.80. The van der Waals surface area contributed by atoms with Gasteiger partial charge < -0.3 is 10.3 Å². The third-order valence-electron chi connectivity index (χ3n) is 2.53. The summed E-state index contributed by atoms with van der Waals surface area (Å²) in [6, 6.07) is 10.8. The standard InChI is InChI=1S/C13H16N2/c1-2-11-3-5-12(6-4-11)9-15-13-7-8-14-10-13/h3-8,10,14-15H,2,9H2,1H3. The van der Waals surface area contributed by atoms with Crippen molar-refractivity contribution in [3.8, 4) is 0 Å². The smallest absolute Gasteiger partial charge is 0.0520 e. The van der Waals surface area contributed by atoms with E-state index in [0.717, 1.165) is 18.7 Å². The van der Waals surface area contributed by atoms with Crippen molar-refractivity contribution in [1.29, 1.82) is 0 Å². The zero-order valence-electron chi connectivity index (χ0n) is 8.96. The highest BCUT2D eigenvalue weighted by Crippen LogP contribution is 2.09. The van der Waals surface area contributed by atoms with Crippen LogP contribution in [0.2, 0.25) is 0 Å². The van der Waals surface area contributed by atoms with E-state index in [9.17, 15) is 0 Å². The molecule has 1 heterocycles. The van der Waals surface area contributed by atoms with Crippen molar-refractivity contribution in [1.82, 2.24) is 4.98 Å². The summed E-state index contributed by atoms with van der Waals surface area (Å²) in [4.78, 5) is 3.02. The molecule has 2 rings (SSSR count). The summed E-state index contributed by atoms with van der Waals surface area (Å²) < 4.78 is 0. The molecule has 2 aromatic rings. The van der Waals surface area contributed by atoms with E-state index in [0.29, 0.717) is 0 Å². The number of aromatic amines is 1. The summed E-state index contributed by atoms with van der Waals surface area (Å²) in [5.74, 6) is 0. The van der Waals surface area contributed by atoms with Crippen LogP contribution in [-0.4, -0.2) is 4.98 Å². The number of aromatic nitrogens is 1. The molecule has 2 N–H and O–H groups in total. The molecule has 1 aromatic carbocycles. The van der Waals surface area contributed by atoms with Gasteiger partial charge in [-0.1, -0.05) is 31.2 Å². The maximum absolute atomic E-state index is 3.35. The van der Waals surface area contributed by atoms with Crippen molar-refractivity contribution in [2.75, 3.05) is 5.32 Å². The number of aryl methyl sites for hydroxylation is 1. The minimum Gasteiger partial charge on any atom is -0.380 e. The topological polar surface area (TPSA) is 27.8 Å². The van der Waals surface area contributed by atoms with Gasteiger partial charge in [0.25, 0.3) is 0 Å². The van der Waals surface area contributed by atoms with E-state index in [1.165, 1.54) is 11.1 Å². The average molecular weight is 200 g/mol. The Morgan fingerprint density at radius 1 is 1.07 bits per heavy atom. The minimum absolute atomic E-state index is 0.877. The molecule has 0 amide bonds. The predicted octanol–water partition coefficient (Wildman–Crippen LogP) is 3.19. The molecule has 0 radical (unpaired) electrons. The van der Waals surface area contributed by atoms with Crippen molar-refractivity contribution in [2.24, 2.45) is 0 Å². The van der Waals surface area contributed by atoms with Gasteiger partial charge in [-0.2, -0.15) is 0 Å². The molecule has 0 spiro atoms. The fraction of sp³-hybridized carbons (Fsp3) is 0.231. The van der Waals surface area contributed by atoms with Crippen LogP contribution in [0.15, 0.2) is 42.7 Å². The Morgan fingerprint density at radius 2 is 1.80 bits per heavy atom. The number of benzene rings is 1. The summed E-state index contributed by atoms with van der Waals surface area (Å²) in [6.07, 6.45) is 4.98. The van der Waals surface area contributed by atoms with Crippen LogP contribution in [0.25, 0.3) is 0 Å². The number of rotatable bonds is 4. The van der Waals surface area contributed by atoms with Crippen LogP contribution in [0.3, 0.4) is 0 Å². The first-order valence-electron chi connectivity index (χ1n) is 5.33. The van der Waals surface area contributed by atoms with Crippen LogP contribution in [0.1, 0.15) is 18.1 Å². The molecule has 0 atom stereocenters. The molecule has 0 fully saturated rings. The molecule has 2 heteroatoms. The number of nitrogens with one attached hydrogen (secondary N) is 2. The van der Waals surface area contributed by atoms with E-state index in [1.54, 1.807) is 0 Å². The third kappa shape index (κ3) is 2.62. The predicted molar refractivity (Wildman–Crippen MR) is 63.9 cm³/mol. The van der Waals surface area contributed by atoms with Crippen molar-refractivity contribution in [3.63, 3.8) is 0 Å². The Bertz CT molecular complexity index is 387. The maximum atomic E-state index is 3.35. The number of hydrogen-bond acceptors (Lipinski definition) is 1. The van der Waals surface area contributed by atoms with E-state index >= 15 is 0 Å². The Labute approximate surface area is 90.3 Å². The number of H-pyrrole nitrogens is 1. The maximum Gasteiger partial charge on any atom is 0.0520 e. The van der Waals surface area contributed by atoms with Crippen LogP contribution >= 0.6 is 0 Å². The molecule has 2 nitrogen and oxygen atoms in total. The van der Waals surface area contributed by atoms with E-state index in [4.69, 9.17) is 0 Å². The van der Waals surface area contributed by atoms with Crippen molar-refractivity contribution >= 4 is 5.69 Å². The quantitative estimate of drug-likeness (QED) is 0.779. The lowest BCUT2D eigenvalue weighted by Crippen LogP contribution is -1.98. The summed E-state index contributed by atoms with van der Waals surface area (Å²) in [5.41, 5.74) is 3.84. The third-order valence-corrected chi connectivity index (χ3v) is 2.53. The van der Waals surface area contributed by atoms with Crippen LogP contribution < -0.4 is 5.32 Å². The van der Waals surface area contributed by atoms with Gasteiger partial charge >= 0.3 is 0 Å². The highest BCUT2D eigenvalue weighted by molar-refractivity contribution is 5.41. The molecule has 0 unspecified atom stereocenters. The SMILES string of the molecule is CCc1ccc(CNc2cc[nH]c2)cc1. The van der Waals surface area contributed by atoms with Crippen molar-refractivity contribution < 1.29 is 0 Å². The van der Waals surface area contributed by atoms with Gasteiger partial charge in [-0.15, -0.1) is 0 Å². The minimum atomic E-state index is 0.877. The fourth-order valence-corrected chi connectivity index (χ4v) is 1.53. The van der Waals surface area contributed by atoms with Gasteiger partial charge in [0.15, 0.2) is 0 Å². The number of hydrogen-bond donors (Lipinski definition) is 2. The molecule has 1 aromatic heterocycles. The fourth-order valence-electron chi connectivity index (χ4n) is 1.53.